The number of amides is 2. The lowest BCUT2D eigenvalue weighted by atomic mass is 9.97. The summed E-state index contributed by atoms with van der Waals surface area (Å²) in [5, 5.41) is 2.46. The van der Waals surface area contributed by atoms with Crippen molar-refractivity contribution in [1.82, 2.24) is 9.88 Å². The van der Waals surface area contributed by atoms with Crippen molar-refractivity contribution in [3.8, 4) is 0 Å². The molecule has 1 aromatic rings. The van der Waals surface area contributed by atoms with Gasteiger partial charge in [-0.1, -0.05) is 12.5 Å². The van der Waals surface area contributed by atoms with Crippen molar-refractivity contribution < 1.29 is 4.79 Å². The van der Waals surface area contributed by atoms with Crippen LogP contribution in [0.15, 0.2) is 18.3 Å². The topological polar surface area (TPSA) is 71.2 Å². The van der Waals surface area contributed by atoms with Gasteiger partial charge in [-0.3, -0.25) is 10.2 Å². The first-order valence-corrected chi connectivity index (χ1v) is 5.89. The molecular weight excluding hydrogens is 216 g/mol. The summed E-state index contributed by atoms with van der Waals surface area (Å²) in [7, 11) is 2.14. The number of pyridine rings is 1. The summed E-state index contributed by atoms with van der Waals surface area (Å²) < 4.78 is 0. The monoisotopic (exact) mass is 234 g/mol. The van der Waals surface area contributed by atoms with E-state index in [1.54, 1.807) is 6.07 Å². The van der Waals surface area contributed by atoms with Gasteiger partial charge in [0.1, 0.15) is 5.82 Å². The second-order valence-corrected chi connectivity index (χ2v) is 4.46. The molecule has 5 nitrogen and oxygen atoms in total. The van der Waals surface area contributed by atoms with Crippen molar-refractivity contribution >= 4 is 11.8 Å². The molecule has 0 saturated carbocycles. The SMILES string of the molecule is CN1CCCCC1c1ccc(NC(N)=O)nc1. The number of primary amides is 1. The number of anilines is 1. The number of hydrogen-bond acceptors (Lipinski definition) is 3. The molecule has 0 bridgehead atoms. The molecule has 1 unspecified atom stereocenters. The van der Waals surface area contributed by atoms with Crippen LogP contribution in [0.2, 0.25) is 0 Å². The molecule has 1 aliphatic heterocycles. The minimum absolute atomic E-state index is 0.443. The number of aromatic nitrogens is 1. The highest BCUT2D eigenvalue weighted by atomic mass is 16.2. The lowest BCUT2D eigenvalue weighted by Crippen LogP contribution is -2.29. The molecule has 2 heterocycles. The quantitative estimate of drug-likeness (QED) is 0.818. The Kier molecular flexibility index (Phi) is 3.58. The third kappa shape index (κ3) is 2.94. The van der Waals surface area contributed by atoms with E-state index in [0.29, 0.717) is 11.9 Å². The third-order valence-corrected chi connectivity index (χ3v) is 3.19. The van der Waals surface area contributed by atoms with E-state index in [-0.39, 0.29) is 0 Å². The molecule has 1 fully saturated rings. The molecule has 1 saturated heterocycles. The molecule has 1 aromatic heterocycles. The number of carbonyl (C=O) groups is 1. The molecule has 0 aliphatic carbocycles. The maximum Gasteiger partial charge on any atom is 0.317 e. The van der Waals surface area contributed by atoms with Crippen LogP contribution in [-0.2, 0) is 0 Å². The molecule has 0 radical (unpaired) electrons. The predicted molar refractivity (Wildman–Crippen MR) is 66.7 cm³/mol. The van der Waals surface area contributed by atoms with Crippen molar-refractivity contribution in [3.05, 3.63) is 23.9 Å². The van der Waals surface area contributed by atoms with Gasteiger partial charge in [-0.15, -0.1) is 0 Å². The van der Waals surface area contributed by atoms with Gasteiger partial charge >= 0.3 is 6.03 Å². The summed E-state index contributed by atoms with van der Waals surface area (Å²) in [5.74, 6) is 0.500. The summed E-state index contributed by atoms with van der Waals surface area (Å²) >= 11 is 0. The first-order valence-electron chi connectivity index (χ1n) is 5.89. The number of likely N-dealkylation sites (tertiary alicyclic amines) is 1. The van der Waals surface area contributed by atoms with Crippen molar-refractivity contribution in [3.63, 3.8) is 0 Å². The molecule has 1 aliphatic rings. The van der Waals surface area contributed by atoms with Gasteiger partial charge in [0.2, 0.25) is 0 Å². The molecule has 17 heavy (non-hydrogen) atoms. The second kappa shape index (κ2) is 5.14. The highest BCUT2D eigenvalue weighted by Gasteiger charge is 2.20. The third-order valence-electron chi connectivity index (χ3n) is 3.19. The van der Waals surface area contributed by atoms with Crippen LogP contribution in [0.4, 0.5) is 10.6 Å². The number of carbonyl (C=O) groups excluding carboxylic acids is 1. The number of nitrogens with zero attached hydrogens (tertiary/aromatic N) is 2. The number of rotatable bonds is 2. The number of nitrogens with two attached hydrogens (primary N) is 1. The van der Waals surface area contributed by atoms with E-state index in [4.69, 9.17) is 5.73 Å². The molecule has 5 heteroatoms. The van der Waals surface area contributed by atoms with E-state index in [1.165, 1.54) is 24.8 Å². The van der Waals surface area contributed by atoms with E-state index in [1.807, 2.05) is 12.3 Å². The Hall–Kier alpha value is -1.62. The minimum Gasteiger partial charge on any atom is -0.351 e. The van der Waals surface area contributed by atoms with Crippen LogP contribution in [0, 0.1) is 0 Å². The molecule has 2 rings (SSSR count). The number of hydrogen-bond donors (Lipinski definition) is 2. The standard InChI is InChI=1S/C12H18N4O/c1-16-7-3-2-4-10(16)9-5-6-11(14-8-9)15-12(13)17/h5-6,8,10H,2-4,7H2,1H3,(H3,13,14,15,17). The molecule has 0 spiro atoms. The molecular formula is C12H18N4O. The molecule has 1 atom stereocenters. The van der Waals surface area contributed by atoms with Gasteiger partial charge < -0.3 is 5.73 Å². The summed E-state index contributed by atoms with van der Waals surface area (Å²) in [6.07, 6.45) is 5.51. The Balaban J connectivity index is 2.08. The zero-order valence-electron chi connectivity index (χ0n) is 10.0. The number of piperidine rings is 1. The Bertz CT molecular complexity index is 390. The fourth-order valence-corrected chi connectivity index (χ4v) is 2.30. The van der Waals surface area contributed by atoms with E-state index >= 15 is 0 Å². The van der Waals surface area contributed by atoms with Crippen molar-refractivity contribution in [2.75, 3.05) is 18.9 Å². The van der Waals surface area contributed by atoms with Gasteiger partial charge in [0.15, 0.2) is 0 Å². The van der Waals surface area contributed by atoms with Gasteiger partial charge in [0.05, 0.1) is 0 Å². The molecule has 0 aromatic carbocycles. The fraction of sp³-hybridized carbons (Fsp3) is 0.500. The lowest BCUT2D eigenvalue weighted by molar-refractivity contribution is 0.187. The lowest BCUT2D eigenvalue weighted by Gasteiger charge is -2.32. The first-order chi connectivity index (χ1) is 8.16. The largest absolute Gasteiger partial charge is 0.351 e. The van der Waals surface area contributed by atoms with Gasteiger partial charge in [0, 0.05) is 12.2 Å². The van der Waals surface area contributed by atoms with Crippen molar-refractivity contribution in [1.29, 1.82) is 0 Å². The average Bonchev–Trinajstić information content (AvgIpc) is 2.30. The normalized spacial score (nSPS) is 21.1. The van der Waals surface area contributed by atoms with Crippen LogP contribution < -0.4 is 11.1 Å². The Morgan fingerprint density at radius 2 is 2.35 bits per heavy atom. The fourth-order valence-electron chi connectivity index (χ4n) is 2.30. The van der Waals surface area contributed by atoms with Crippen LogP contribution in [0.5, 0.6) is 0 Å². The van der Waals surface area contributed by atoms with Crippen LogP contribution in [0.25, 0.3) is 0 Å². The second-order valence-electron chi connectivity index (χ2n) is 4.46. The summed E-state index contributed by atoms with van der Waals surface area (Å²) in [4.78, 5) is 17.2. The van der Waals surface area contributed by atoms with E-state index in [9.17, 15) is 4.79 Å². The van der Waals surface area contributed by atoms with Crippen molar-refractivity contribution in [2.24, 2.45) is 5.73 Å². The number of urea groups is 1. The Labute approximate surface area is 101 Å². The predicted octanol–water partition coefficient (Wildman–Crippen LogP) is 1.73. The van der Waals surface area contributed by atoms with Gasteiger partial charge in [0.25, 0.3) is 0 Å². The van der Waals surface area contributed by atoms with Crippen LogP contribution in [0.3, 0.4) is 0 Å². The Morgan fingerprint density at radius 3 is 2.94 bits per heavy atom. The summed E-state index contributed by atoms with van der Waals surface area (Å²) in [5.41, 5.74) is 6.23. The maximum absolute atomic E-state index is 10.7. The molecule has 2 amide bonds. The van der Waals surface area contributed by atoms with Crippen LogP contribution in [0.1, 0.15) is 30.9 Å². The zero-order chi connectivity index (χ0) is 12.3. The smallest absolute Gasteiger partial charge is 0.317 e. The van der Waals surface area contributed by atoms with E-state index in [2.05, 4.69) is 22.2 Å². The minimum atomic E-state index is -0.583. The van der Waals surface area contributed by atoms with Crippen LogP contribution >= 0.6 is 0 Å². The molecule has 3 N–H and O–H groups in total. The van der Waals surface area contributed by atoms with Gasteiger partial charge in [-0.2, -0.15) is 0 Å². The average molecular weight is 234 g/mol. The zero-order valence-corrected chi connectivity index (χ0v) is 10.0. The summed E-state index contributed by atoms with van der Waals surface area (Å²) in [6.45, 7) is 1.13. The van der Waals surface area contributed by atoms with Crippen molar-refractivity contribution in [2.45, 2.75) is 25.3 Å². The van der Waals surface area contributed by atoms with Gasteiger partial charge in [-0.05, 0) is 38.1 Å². The van der Waals surface area contributed by atoms with Crippen LogP contribution in [-0.4, -0.2) is 29.5 Å². The number of nitrogens with one attached hydrogen (secondary N) is 1. The Morgan fingerprint density at radius 1 is 1.53 bits per heavy atom. The van der Waals surface area contributed by atoms with E-state index < -0.39 is 6.03 Å². The van der Waals surface area contributed by atoms with Gasteiger partial charge in [-0.25, -0.2) is 9.78 Å². The summed E-state index contributed by atoms with van der Waals surface area (Å²) in [6, 6.07) is 3.66. The highest BCUT2D eigenvalue weighted by molar-refractivity contribution is 5.86. The first kappa shape index (κ1) is 11.9. The highest BCUT2D eigenvalue weighted by Crippen LogP contribution is 2.29. The maximum atomic E-state index is 10.7. The van der Waals surface area contributed by atoms with E-state index in [0.717, 1.165) is 6.54 Å². The molecule has 92 valence electrons.